The number of hydrogen-bond donors (Lipinski definition) is 2. The number of carboxylic acids is 2. The molecule has 2 aliphatic heterocycles. The van der Waals surface area contributed by atoms with Crippen LogP contribution in [0.1, 0.15) is 71.4 Å². The van der Waals surface area contributed by atoms with Crippen LogP contribution in [0.2, 0.25) is 0 Å². The molecule has 2 saturated heterocycles. The minimum atomic E-state index is -0.977. The lowest BCUT2D eigenvalue weighted by Crippen LogP contribution is -2.28. The molecule has 0 amide bonds. The number of hydrogen-bond acceptors (Lipinski definition) is 4. The van der Waals surface area contributed by atoms with Crippen molar-refractivity contribution >= 4 is 11.9 Å². The fourth-order valence-corrected chi connectivity index (χ4v) is 6.02. The van der Waals surface area contributed by atoms with Crippen LogP contribution in [0.5, 0.6) is 0 Å². The Balaban J connectivity index is 1.51. The van der Waals surface area contributed by atoms with E-state index in [-0.39, 0.29) is 11.1 Å². The number of carboxylic acid groups (broad SMARTS) is 2. The van der Waals surface area contributed by atoms with E-state index in [1.807, 2.05) is 0 Å². The van der Waals surface area contributed by atoms with E-state index in [1.165, 1.54) is 12.1 Å². The van der Waals surface area contributed by atoms with Crippen LogP contribution in [-0.4, -0.2) is 46.6 Å². The van der Waals surface area contributed by atoms with Gasteiger partial charge < -0.3 is 19.7 Å². The maximum atomic E-state index is 12.1. The molecule has 2 heterocycles. The summed E-state index contributed by atoms with van der Waals surface area (Å²) < 4.78 is 11.4. The molecule has 30 heavy (non-hydrogen) atoms. The van der Waals surface area contributed by atoms with E-state index in [2.05, 4.69) is 13.8 Å². The van der Waals surface area contributed by atoms with Gasteiger partial charge in [-0.1, -0.05) is 13.8 Å². The van der Waals surface area contributed by atoms with Crippen molar-refractivity contribution in [1.82, 2.24) is 0 Å². The Bertz CT molecular complexity index is 808. The average molecular weight is 414 g/mol. The van der Waals surface area contributed by atoms with Crippen molar-refractivity contribution in [3.63, 3.8) is 0 Å². The Kier molecular flexibility index (Phi) is 4.90. The summed E-state index contributed by atoms with van der Waals surface area (Å²) in [6.07, 6.45) is 6.42. The minimum absolute atomic E-state index is 0.255. The Morgan fingerprint density at radius 2 is 1.13 bits per heavy atom. The lowest BCUT2D eigenvalue weighted by Gasteiger charge is -2.31. The van der Waals surface area contributed by atoms with Crippen LogP contribution >= 0.6 is 0 Å². The highest BCUT2D eigenvalue weighted by Gasteiger charge is 2.48. The molecule has 2 saturated carbocycles. The summed E-state index contributed by atoms with van der Waals surface area (Å²) in [5, 5.41) is 19.8. The van der Waals surface area contributed by atoms with Gasteiger partial charge in [0.15, 0.2) is 0 Å². The second-order valence-corrected chi connectivity index (χ2v) is 9.98. The average Bonchev–Trinajstić information content (AvgIpc) is 3.58. The molecule has 5 rings (SSSR count). The topological polar surface area (TPSA) is 99.7 Å². The largest absolute Gasteiger partial charge is 0.478 e. The zero-order chi connectivity index (χ0) is 21.2. The molecule has 6 nitrogen and oxygen atoms in total. The first kappa shape index (κ1) is 20.0. The van der Waals surface area contributed by atoms with E-state index >= 15 is 0 Å². The smallest absolute Gasteiger partial charge is 0.335 e. The third kappa shape index (κ3) is 3.65. The second-order valence-electron chi connectivity index (χ2n) is 9.98. The van der Waals surface area contributed by atoms with Crippen molar-refractivity contribution < 1.29 is 29.3 Å². The first-order valence-corrected chi connectivity index (χ1v) is 11.2. The highest BCUT2D eigenvalue weighted by molar-refractivity contribution is 5.95. The van der Waals surface area contributed by atoms with Crippen LogP contribution in [0, 0.1) is 23.7 Å². The highest BCUT2D eigenvalue weighted by Crippen LogP contribution is 2.46. The van der Waals surface area contributed by atoms with Crippen molar-refractivity contribution in [3.8, 4) is 0 Å². The van der Waals surface area contributed by atoms with Crippen molar-refractivity contribution in [2.24, 2.45) is 23.7 Å². The van der Waals surface area contributed by atoms with Gasteiger partial charge in [-0.2, -0.15) is 0 Å². The molecule has 0 spiro atoms. The SMILES string of the molecule is CC1CC2OC2CC1Cc1c(C(=O)O)ccc(C(=O)O)c1CC1CC2OC2CC1C. The first-order valence-electron chi connectivity index (χ1n) is 11.2. The molecule has 4 fully saturated rings. The Labute approximate surface area is 176 Å². The number of epoxide rings is 2. The maximum Gasteiger partial charge on any atom is 0.335 e. The van der Waals surface area contributed by atoms with Crippen molar-refractivity contribution in [1.29, 1.82) is 0 Å². The van der Waals surface area contributed by atoms with E-state index in [0.29, 0.717) is 60.9 Å². The molecular formula is C24H30O6. The predicted octanol–water partition coefficient (Wildman–Crippen LogP) is 3.80. The molecule has 0 radical (unpaired) electrons. The standard InChI is InChI=1S/C24H30O6/c1-11-5-19-21(29-19)9-13(11)7-17-15(23(25)26)3-4-16(24(27)28)18(17)8-14-10-22-20(30-22)6-12(14)2/h3-4,11-14,19-22H,5-10H2,1-2H3,(H,25,26)(H,27,28). The van der Waals surface area contributed by atoms with Gasteiger partial charge in [-0.05, 0) is 85.5 Å². The number of ether oxygens (including phenoxy) is 2. The third-order valence-electron chi connectivity index (χ3n) is 8.09. The summed E-state index contributed by atoms with van der Waals surface area (Å²) in [4.78, 5) is 24.1. The highest BCUT2D eigenvalue weighted by atomic mass is 16.6. The zero-order valence-corrected chi connectivity index (χ0v) is 17.5. The zero-order valence-electron chi connectivity index (χ0n) is 17.5. The third-order valence-corrected chi connectivity index (χ3v) is 8.09. The van der Waals surface area contributed by atoms with Crippen LogP contribution in [0.25, 0.3) is 0 Å². The van der Waals surface area contributed by atoms with Gasteiger partial charge in [-0.3, -0.25) is 0 Å². The summed E-state index contributed by atoms with van der Waals surface area (Å²) in [5.74, 6) is -0.454. The Morgan fingerprint density at radius 1 is 0.767 bits per heavy atom. The van der Waals surface area contributed by atoms with Crippen LogP contribution in [-0.2, 0) is 22.3 Å². The number of aromatic carboxylic acids is 2. The van der Waals surface area contributed by atoms with Gasteiger partial charge in [-0.25, -0.2) is 9.59 Å². The summed E-state index contributed by atoms with van der Waals surface area (Å²) >= 11 is 0. The predicted molar refractivity (Wildman–Crippen MR) is 109 cm³/mol. The van der Waals surface area contributed by atoms with Crippen LogP contribution < -0.4 is 0 Å². The quantitative estimate of drug-likeness (QED) is 0.687. The number of carbonyl (C=O) groups is 2. The van der Waals surface area contributed by atoms with Crippen molar-refractivity contribution in [2.45, 2.75) is 76.8 Å². The van der Waals surface area contributed by atoms with Gasteiger partial charge in [0.2, 0.25) is 0 Å². The van der Waals surface area contributed by atoms with E-state index in [9.17, 15) is 19.8 Å². The van der Waals surface area contributed by atoms with Gasteiger partial charge >= 0.3 is 11.9 Å². The molecule has 2 N–H and O–H groups in total. The van der Waals surface area contributed by atoms with E-state index < -0.39 is 11.9 Å². The normalized spacial score (nSPS) is 39.0. The first-order chi connectivity index (χ1) is 14.3. The molecule has 1 aromatic rings. The fourth-order valence-electron chi connectivity index (χ4n) is 6.02. The van der Waals surface area contributed by atoms with E-state index in [0.717, 1.165) is 36.8 Å². The van der Waals surface area contributed by atoms with Crippen molar-refractivity contribution in [2.75, 3.05) is 0 Å². The molecule has 1 aromatic carbocycles. The molecule has 162 valence electrons. The lowest BCUT2D eigenvalue weighted by atomic mass is 9.72. The summed E-state index contributed by atoms with van der Waals surface area (Å²) in [6, 6.07) is 2.97. The summed E-state index contributed by atoms with van der Waals surface area (Å²) in [6.45, 7) is 4.41. The number of rotatable bonds is 6. The molecule has 4 aliphatic rings. The monoisotopic (exact) mass is 414 g/mol. The molecule has 0 aromatic heterocycles. The van der Waals surface area contributed by atoms with Gasteiger partial charge in [0.05, 0.1) is 35.5 Å². The molecule has 8 atom stereocenters. The molecule has 0 bridgehead atoms. The lowest BCUT2D eigenvalue weighted by molar-refractivity contribution is 0.0678. The fraction of sp³-hybridized carbons (Fsp3) is 0.667. The van der Waals surface area contributed by atoms with Gasteiger partial charge in [0, 0.05) is 0 Å². The number of benzene rings is 1. The van der Waals surface area contributed by atoms with Crippen LogP contribution in [0.4, 0.5) is 0 Å². The van der Waals surface area contributed by atoms with E-state index in [4.69, 9.17) is 9.47 Å². The van der Waals surface area contributed by atoms with Gasteiger partial charge in [0.1, 0.15) is 0 Å². The Hall–Kier alpha value is -1.92. The molecular weight excluding hydrogens is 384 g/mol. The van der Waals surface area contributed by atoms with Crippen molar-refractivity contribution in [3.05, 3.63) is 34.4 Å². The second kappa shape index (κ2) is 7.34. The van der Waals surface area contributed by atoms with E-state index in [1.54, 1.807) is 0 Å². The number of fused-ring (bicyclic) bond motifs is 2. The molecule has 2 aliphatic carbocycles. The maximum absolute atomic E-state index is 12.1. The Morgan fingerprint density at radius 3 is 1.50 bits per heavy atom. The van der Waals surface area contributed by atoms with Crippen LogP contribution in [0.3, 0.4) is 0 Å². The molecule has 8 unspecified atom stereocenters. The summed E-state index contributed by atoms with van der Waals surface area (Å²) in [5.41, 5.74) is 1.96. The summed E-state index contributed by atoms with van der Waals surface area (Å²) in [7, 11) is 0. The van der Waals surface area contributed by atoms with Crippen LogP contribution in [0.15, 0.2) is 12.1 Å². The molecule has 6 heteroatoms. The minimum Gasteiger partial charge on any atom is -0.478 e. The van der Waals surface area contributed by atoms with Gasteiger partial charge in [0.25, 0.3) is 0 Å². The van der Waals surface area contributed by atoms with Gasteiger partial charge in [-0.15, -0.1) is 0 Å².